The molecular weight excluding hydrogens is 243 g/mol. The second-order valence-corrected chi connectivity index (χ2v) is 3.86. The van der Waals surface area contributed by atoms with E-state index in [4.69, 9.17) is 18.0 Å². The molecule has 0 aliphatic rings. The number of carbonyl (C=O) groups is 1. The van der Waals surface area contributed by atoms with Crippen LogP contribution in [0.2, 0.25) is 0 Å². The second-order valence-electron chi connectivity index (χ2n) is 3.39. The molecule has 1 atom stereocenters. The first kappa shape index (κ1) is 15.1. The Bertz CT molecular complexity index is 270. The molecule has 0 saturated carbocycles. The Morgan fingerprint density at radius 1 is 1.56 bits per heavy atom. The fraction of sp³-hybridized carbons (Fsp3) is 0.750. The number of thiocarbonyl (C=S) groups is 1. The summed E-state index contributed by atoms with van der Waals surface area (Å²) in [5.41, 5.74) is 5.33. The quantitative estimate of drug-likeness (QED) is 0.694. The number of nitrogens with two attached hydrogens (primary N) is 1. The lowest BCUT2D eigenvalue weighted by atomic mass is 10.3. The maximum atomic E-state index is 11.8. The van der Waals surface area contributed by atoms with Gasteiger partial charge in [-0.05, 0) is 14.0 Å². The van der Waals surface area contributed by atoms with Crippen molar-refractivity contribution in [2.45, 2.75) is 19.1 Å². The highest BCUT2D eigenvalue weighted by atomic mass is 32.1. The third-order valence-corrected chi connectivity index (χ3v) is 2.29. The summed E-state index contributed by atoms with van der Waals surface area (Å²) < 4.78 is 35.3. The van der Waals surface area contributed by atoms with Gasteiger partial charge < -0.3 is 11.1 Å². The molecule has 0 fully saturated rings. The molecule has 3 N–H and O–H groups in total. The minimum Gasteiger partial charge on any atom is -0.392 e. The number of carbonyl (C=O) groups excluding carboxylic acids is 1. The average Bonchev–Trinajstić information content (AvgIpc) is 2.12. The zero-order valence-electron chi connectivity index (χ0n) is 8.97. The van der Waals surface area contributed by atoms with Crippen LogP contribution in [-0.4, -0.2) is 48.2 Å². The average molecular weight is 257 g/mol. The largest absolute Gasteiger partial charge is 0.405 e. The maximum absolute atomic E-state index is 11.8. The first-order chi connectivity index (χ1) is 7.13. The molecule has 0 saturated heterocycles. The molecule has 8 heteroatoms. The summed E-state index contributed by atoms with van der Waals surface area (Å²) in [6.07, 6.45) is -4.40. The summed E-state index contributed by atoms with van der Waals surface area (Å²) >= 11 is 4.70. The van der Waals surface area contributed by atoms with E-state index in [0.29, 0.717) is 0 Å². The van der Waals surface area contributed by atoms with Gasteiger partial charge in [-0.1, -0.05) is 12.2 Å². The van der Waals surface area contributed by atoms with Crippen LogP contribution in [0, 0.1) is 0 Å². The standard InChI is InChI=1S/C8H14F3N3OS/c1-5(7(12)16)14(2)3-6(15)13-4-8(9,10)11/h5H,3-4H2,1-2H3,(H2,12,16)(H,13,15). The van der Waals surface area contributed by atoms with Crippen molar-refractivity contribution < 1.29 is 18.0 Å². The van der Waals surface area contributed by atoms with Gasteiger partial charge in [-0.2, -0.15) is 13.2 Å². The number of rotatable bonds is 5. The van der Waals surface area contributed by atoms with Crippen molar-refractivity contribution in [3.8, 4) is 0 Å². The third kappa shape index (κ3) is 6.57. The number of nitrogens with one attached hydrogen (secondary N) is 1. The van der Waals surface area contributed by atoms with Crippen LogP contribution in [0.5, 0.6) is 0 Å². The van der Waals surface area contributed by atoms with E-state index in [1.54, 1.807) is 19.3 Å². The molecule has 4 nitrogen and oxygen atoms in total. The Hall–Kier alpha value is -0.890. The predicted octanol–water partition coefficient (Wildman–Crippen LogP) is 0.271. The van der Waals surface area contributed by atoms with E-state index in [1.165, 1.54) is 4.90 Å². The molecule has 94 valence electrons. The minimum atomic E-state index is -4.40. The van der Waals surface area contributed by atoms with Crippen molar-refractivity contribution in [2.24, 2.45) is 5.73 Å². The number of amides is 1. The smallest absolute Gasteiger partial charge is 0.392 e. The summed E-state index contributed by atoms with van der Waals surface area (Å²) in [5, 5.41) is 1.76. The summed E-state index contributed by atoms with van der Waals surface area (Å²) in [5.74, 6) is -0.720. The van der Waals surface area contributed by atoms with Crippen LogP contribution >= 0.6 is 12.2 Å². The van der Waals surface area contributed by atoms with E-state index in [-0.39, 0.29) is 17.6 Å². The molecule has 0 heterocycles. The van der Waals surface area contributed by atoms with Crippen molar-refractivity contribution in [3.63, 3.8) is 0 Å². The number of hydrogen-bond acceptors (Lipinski definition) is 3. The number of nitrogens with zero attached hydrogens (tertiary/aromatic N) is 1. The van der Waals surface area contributed by atoms with E-state index in [9.17, 15) is 18.0 Å². The maximum Gasteiger partial charge on any atom is 0.405 e. The molecular formula is C8H14F3N3OS. The van der Waals surface area contributed by atoms with E-state index < -0.39 is 18.6 Å². The van der Waals surface area contributed by atoms with Gasteiger partial charge in [-0.25, -0.2) is 0 Å². The Kier molecular flexibility index (Phi) is 5.66. The van der Waals surface area contributed by atoms with Crippen molar-refractivity contribution in [1.29, 1.82) is 0 Å². The van der Waals surface area contributed by atoms with Crippen LogP contribution in [-0.2, 0) is 4.79 Å². The number of likely N-dealkylation sites (N-methyl/N-ethyl adjacent to an activating group) is 1. The molecule has 0 bridgehead atoms. The lowest BCUT2D eigenvalue weighted by Crippen LogP contribution is -2.46. The topological polar surface area (TPSA) is 58.4 Å². The van der Waals surface area contributed by atoms with Gasteiger partial charge in [0.05, 0.1) is 17.6 Å². The molecule has 0 aromatic carbocycles. The minimum absolute atomic E-state index is 0.186. The molecule has 0 rings (SSSR count). The van der Waals surface area contributed by atoms with E-state index in [0.717, 1.165) is 0 Å². The van der Waals surface area contributed by atoms with Gasteiger partial charge in [-0.15, -0.1) is 0 Å². The molecule has 0 radical (unpaired) electrons. The molecule has 0 aromatic heterocycles. The van der Waals surface area contributed by atoms with E-state index >= 15 is 0 Å². The van der Waals surface area contributed by atoms with E-state index in [2.05, 4.69) is 0 Å². The molecule has 16 heavy (non-hydrogen) atoms. The monoisotopic (exact) mass is 257 g/mol. The van der Waals surface area contributed by atoms with Crippen molar-refractivity contribution in [3.05, 3.63) is 0 Å². The highest BCUT2D eigenvalue weighted by Crippen LogP contribution is 2.12. The van der Waals surface area contributed by atoms with Crippen molar-refractivity contribution >= 4 is 23.1 Å². The van der Waals surface area contributed by atoms with Crippen LogP contribution in [0.1, 0.15) is 6.92 Å². The Morgan fingerprint density at radius 3 is 2.44 bits per heavy atom. The lowest BCUT2D eigenvalue weighted by molar-refractivity contribution is -0.138. The van der Waals surface area contributed by atoms with Gasteiger partial charge in [-0.3, -0.25) is 9.69 Å². The van der Waals surface area contributed by atoms with Crippen LogP contribution in [0.3, 0.4) is 0 Å². The van der Waals surface area contributed by atoms with Gasteiger partial charge in [0, 0.05) is 0 Å². The highest BCUT2D eigenvalue weighted by molar-refractivity contribution is 7.80. The zero-order chi connectivity index (χ0) is 12.9. The van der Waals surface area contributed by atoms with Crippen LogP contribution in [0.4, 0.5) is 13.2 Å². The first-order valence-electron chi connectivity index (χ1n) is 4.46. The zero-order valence-corrected chi connectivity index (χ0v) is 9.78. The van der Waals surface area contributed by atoms with Crippen LogP contribution in [0.15, 0.2) is 0 Å². The van der Waals surface area contributed by atoms with Gasteiger partial charge >= 0.3 is 6.18 Å². The molecule has 0 aromatic rings. The number of hydrogen-bond donors (Lipinski definition) is 2. The van der Waals surface area contributed by atoms with Gasteiger partial charge in [0.25, 0.3) is 0 Å². The second kappa shape index (κ2) is 6.00. The van der Waals surface area contributed by atoms with Gasteiger partial charge in [0.15, 0.2) is 0 Å². The Labute approximate surface area is 97.0 Å². The fourth-order valence-electron chi connectivity index (χ4n) is 0.835. The summed E-state index contributed by atoms with van der Waals surface area (Å²) in [6.45, 7) is 0.148. The fourth-order valence-corrected chi connectivity index (χ4v) is 1.02. The van der Waals surface area contributed by atoms with Gasteiger partial charge in [0.2, 0.25) is 5.91 Å². The van der Waals surface area contributed by atoms with Crippen molar-refractivity contribution in [1.82, 2.24) is 10.2 Å². The normalized spacial score (nSPS) is 13.6. The van der Waals surface area contributed by atoms with Crippen LogP contribution < -0.4 is 11.1 Å². The SMILES string of the molecule is CC(C(N)=S)N(C)CC(=O)NCC(F)(F)F. The third-order valence-electron chi connectivity index (χ3n) is 1.95. The summed E-state index contributed by atoms with van der Waals surface area (Å²) in [6, 6.07) is -0.341. The molecule has 0 aliphatic heterocycles. The molecule has 1 unspecified atom stereocenters. The summed E-state index contributed by atoms with van der Waals surface area (Å²) in [4.78, 5) is 12.7. The molecule has 0 spiro atoms. The van der Waals surface area contributed by atoms with Gasteiger partial charge in [0.1, 0.15) is 6.54 Å². The lowest BCUT2D eigenvalue weighted by Gasteiger charge is -2.22. The Balaban J connectivity index is 4.01. The Morgan fingerprint density at radius 2 is 2.06 bits per heavy atom. The van der Waals surface area contributed by atoms with Crippen LogP contribution in [0.25, 0.3) is 0 Å². The van der Waals surface area contributed by atoms with Crippen molar-refractivity contribution in [2.75, 3.05) is 20.1 Å². The molecule has 0 aliphatic carbocycles. The molecule has 1 amide bonds. The first-order valence-corrected chi connectivity index (χ1v) is 4.87. The van der Waals surface area contributed by atoms with E-state index in [1.807, 2.05) is 0 Å². The highest BCUT2D eigenvalue weighted by Gasteiger charge is 2.28. The summed E-state index contributed by atoms with van der Waals surface area (Å²) in [7, 11) is 1.55. The number of alkyl halides is 3. The number of halogens is 3. The predicted molar refractivity (Wildman–Crippen MR) is 57.9 cm³/mol.